The number of benzene rings is 1. The summed E-state index contributed by atoms with van der Waals surface area (Å²) in [6.07, 6.45) is 7.29. The first kappa shape index (κ1) is 16.0. The Morgan fingerprint density at radius 1 is 1.38 bits per heavy atom. The largest absolute Gasteiger partial charge is 0.504 e. The number of ether oxygens (including phenoxy) is 1. The van der Waals surface area contributed by atoms with Gasteiger partial charge < -0.3 is 9.84 Å². The predicted octanol–water partition coefficient (Wildman–Crippen LogP) is 4.04. The molecule has 0 amide bonds. The Morgan fingerprint density at radius 2 is 2.21 bits per heavy atom. The van der Waals surface area contributed by atoms with Gasteiger partial charge in [0.2, 0.25) is 0 Å². The molecule has 3 heteroatoms. The molecule has 1 aliphatic heterocycles. The van der Waals surface area contributed by atoms with Gasteiger partial charge in [-0.15, -0.1) is 0 Å². The van der Waals surface area contributed by atoms with Crippen LogP contribution in [0.3, 0.4) is 0 Å². The fourth-order valence-electron chi connectivity index (χ4n) is 5.88. The third-order valence-corrected chi connectivity index (χ3v) is 6.72. The maximum absolute atomic E-state index is 10.9. The molecule has 1 N–H and O–H groups in total. The smallest absolute Gasteiger partial charge is 0.161 e. The number of phenolic OH excluding ortho intramolecular Hbond substituents is 1. The summed E-state index contributed by atoms with van der Waals surface area (Å²) in [4.78, 5) is 2.65. The van der Waals surface area contributed by atoms with Crippen molar-refractivity contribution < 1.29 is 9.84 Å². The monoisotopic (exact) mass is 327 g/mol. The summed E-state index contributed by atoms with van der Waals surface area (Å²) in [5.74, 6) is 1.70. The van der Waals surface area contributed by atoms with Gasteiger partial charge in [-0.05, 0) is 56.7 Å². The summed E-state index contributed by atoms with van der Waals surface area (Å²) in [5.41, 5.74) is 3.96. The molecule has 1 saturated carbocycles. The lowest BCUT2D eigenvalue weighted by molar-refractivity contribution is -0.00772. The van der Waals surface area contributed by atoms with Crippen molar-refractivity contribution in [1.82, 2.24) is 4.90 Å². The third-order valence-electron chi connectivity index (χ3n) is 6.72. The van der Waals surface area contributed by atoms with Gasteiger partial charge >= 0.3 is 0 Å². The first-order valence-electron chi connectivity index (χ1n) is 9.34. The van der Waals surface area contributed by atoms with Crippen molar-refractivity contribution in [2.75, 3.05) is 20.2 Å². The molecular formula is C21H29NO2. The summed E-state index contributed by atoms with van der Waals surface area (Å²) in [6, 6.07) is 4.72. The molecule has 0 unspecified atom stereocenters. The zero-order chi connectivity index (χ0) is 16.9. The molecule has 3 atom stereocenters. The molecule has 1 saturated heterocycles. The van der Waals surface area contributed by atoms with Gasteiger partial charge in [-0.25, -0.2) is 0 Å². The molecule has 1 heterocycles. The number of nitrogens with zero attached hydrogens (tertiary/aromatic N) is 1. The Balaban J connectivity index is 1.84. The maximum Gasteiger partial charge on any atom is 0.161 e. The van der Waals surface area contributed by atoms with E-state index >= 15 is 0 Å². The van der Waals surface area contributed by atoms with Crippen LogP contribution >= 0.6 is 0 Å². The van der Waals surface area contributed by atoms with Gasteiger partial charge in [0.25, 0.3) is 0 Å². The molecule has 3 nitrogen and oxygen atoms in total. The lowest BCUT2D eigenvalue weighted by Crippen LogP contribution is -2.61. The third kappa shape index (κ3) is 2.21. The van der Waals surface area contributed by atoms with E-state index in [1.54, 1.807) is 7.11 Å². The highest BCUT2D eigenvalue weighted by molar-refractivity contribution is 5.56. The lowest BCUT2D eigenvalue weighted by atomic mass is 9.52. The summed E-state index contributed by atoms with van der Waals surface area (Å²) < 4.78 is 5.43. The number of methoxy groups -OCH3 is 1. The number of phenols is 1. The minimum atomic E-state index is 0.153. The number of piperidine rings is 1. The second kappa shape index (κ2) is 5.80. The molecule has 0 spiro atoms. The minimum Gasteiger partial charge on any atom is -0.504 e. The van der Waals surface area contributed by atoms with Gasteiger partial charge in [-0.1, -0.05) is 31.1 Å². The number of hydrogen-bond acceptors (Lipinski definition) is 3. The molecular weight excluding hydrogens is 298 g/mol. The number of rotatable bonds is 3. The Bertz CT molecular complexity index is 668. The maximum atomic E-state index is 10.9. The molecule has 24 heavy (non-hydrogen) atoms. The van der Waals surface area contributed by atoms with Crippen molar-refractivity contribution in [3.05, 3.63) is 35.4 Å². The number of fused-ring (bicyclic) bond motifs is 1. The normalized spacial score (nSPS) is 31.9. The average molecular weight is 327 g/mol. The van der Waals surface area contributed by atoms with E-state index in [1.807, 2.05) is 6.07 Å². The van der Waals surface area contributed by atoms with Crippen LogP contribution in [0.15, 0.2) is 24.3 Å². The first-order chi connectivity index (χ1) is 11.6. The van der Waals surface area contributed by atoms with E-state index < -0.39 is 0 Å². The van der Waals surface area contributed by atoms with E-state index in [9.17, 15) is 5.11 Å². The van der Waals surface area contributed by atoms with Crippen LogP contribution in [0.25, 0.3) is 0 Å². The van der Waals surface area contributed by atoms with Crippen molar-refractivity contribution in [3.63, 3.8) is 0 Å². The van der Waals surface area contributed by atoms with Crippen LogP contribution in [0, 0.1) is 5.92 Å². The highest BCUT2D eigenvalue weighted by atomic mass is 16.5. The molecule has 2 bridgehead atoms. The van der Waals surface area contributed by atoms with Crippen LogP contribution < -0.4 is 4.74 Å². The second-order valence-electron chi connectivity index (χ2n) is 8.11. The van der Waals surface area contributed by atoms with Gasteiger partial charge in [-0.2, -0.15) is 0 Å². The quantitative estimate of drug-likeness (QED) is 0.851. The molecule has 0 radical (unpaired) electrons. The number of aromatic hydroxyl groups is 1. The summed E-state index contributed by atoms with van der Waals surface area (Å²) in [7, 11) is 1.65. The van der Waals surface area contributed by atoms with Crippen LogP contribution in [0.5, 0.6) is 11.5 Å². The summed E-state index contributed by atoms with van der Waals surface area (Å²) in [5, 5.41) is 10.9. The van der Waals surface area contributed by atoms with E-state index in [4.69, 9.17) is 4.74 Å². The first-order valence-corrected chi connectivity index (χ1v) is 9.34. The van der Waals surface area contributed by atoms with E-state index in [2.05, 4.69) is 24.5 Å². The minimum absolute atomic E-state index is 0.153. The predicted molar refractivity (Wildman–Crippen MR) is 96.8 cm³/mol. The molecule has 2 fully saturated rings. The molecule has 3 aliphatic rings. The van der Waals surface area contributed by atoms with E-state index in [1.165, 1.54) is 42.4 Å². The fraction of sp³-hybridized carbons (Fsp3) is 0.619. The van der Waals surface area contributed by atoms with Crippen molar-refractivity contribution in [2.45, 2.75) is 56.9 Å². The van der Waals surface area contributed by atoms with Crippen molar-refractivity contribution in [3.8, 4) is 11.5 Å². The van der Waals surface area contributed by atoms with Gasteiger partial charge in [0, 0.05) is 23.6 Å². The Labute approximate surface area is 145 Å². The molecule has 130 valence electrons. The second-order valence-corrected chi connectivity index (χ2v) is 8.11. The van der Waals surface area contributed by atoms with E-state index in [0.717, 1.165) is 25.9 Å². The van der Waals surface area contributed by atoms with Gasteiger partial charge in [0.15, 0.2) is 11.5 Å². The van der Waals surface area contributed by atoms with Gasteiger partial charge in [0.05, 0.1) is 7.11 Å². The van der Waals surface area contributed by atoms with Crippen molar-refractivity contribution in [2.24, 2.45) is 5.92 Å². The lowest BCUT2D eigenvalue weighted by Gasteiger charge is -2.59. The standard InChI is InChI=1S/C21H29NO2/c1-14(2)13-22-11-10-21-9-5-4-6-16(21)17(22)12-15-7-8-18(24-3)20(23)19(15)21/h7-8,16-17,23H,1,4-6,9-13H2,2-3H3/t16-,17+,21+/m0/s1. The van der Waals surface area contributed by atoms with Gasteiger partial charge in [0.1, 0.15) is 0 Å². The average Bonchev–Trinajstić information content (AvgIpc) is 2.57. The Hall–Kier alpha value is -1.48. The molecule has 4 rings (SSSR count). The zero-order valence-electron chi connectivity index (χ0n) is 15.0. The Morgan fingerprint density at radius 3 is 2.96 bits per heavy atom. The van der Waals surface area contributed by atoms with Crippen LogP contribution in [-0.4, -0.2) is 36.2 Å². The fourth-order valence-corrected chi connectivity index (χ4v) is 5.88. The SMILES string of the molecule is C=C(C)CN1CC[C@]23CCCC[C@H]2[C@H]1Cc1ccc(OC)c(O)c13. The van der Waals surface area contributed by atoms with Crippen molar-refractivity contribution in [1.29, 1.82) is 0 Å². The van der Waals surface area contributed by atoms with Crippen LogP contribution in [0.1, 0.15) is 50.2 Å². The van der Waals surface area contributed by atoms with E-state index in [-0.39, 0.29) is 5.41 Å². The van der Waals surface area contributed by atoms with Crippen molar-refractivity contribution >= 4 is 0 Å². The highest BCUT2D eigenvalue weighted by Gasteiger charge is 2.55. The highest BCUT2D eigenvalue weighted by Crippen LogP contribution is 2.59. The van der Waals surface area contributed by atoms with Crippen LogP contribution in [0.2, 0.25) is 0 Å². The topological polar surface area (TPSA) is 32.7 Å². The molecule has 1 aromatic rings. The summed E-state index contributed by atoms with van der Waals surface area (Å²) >= 11 is 0. The molecule has 0 aromatic heterocycles. The van der Waals surface area contributed by atoms with Gasteiger partial charge in [-0.3, -0.25) is 4.90 Å². The molecule has 2 aliphatic carbocycles. The van der Waals surface area contributed by atoms with Crippen LogP contribution in [-0.2, 0) is 11.8 Å². The van der Waals surface area contributed by atoms with E-state index in [0.29, 0.717) is 23.5 Å². The summed E-state index contributed by atoms with van der Waals surface area (Å²) in [6.45, 7) is 8.40. The molecule has 1 aromatic carbocycles. The Kier molecular flexibility index (Phi) is 3.87. The van der Waals surface area contributed by atoms with Crippen LogP contribution in [0.4, 0.5) is 0 Å². The zero-order valence-corrected chi connectivity index (χ0v) is 15.0. The number of hydrogen-bond donors (Lipinski definition) is 1. The number of likely N-dealkylation sites (tertiary alicyclic amines) is 1.